The van der Waals surface area contributed by atoms with Crippen LogP contribution in [-0.2, 0) is 4.79 Å². The summed E-state index contributed by atoms with van der Waals surface area (Å²) in [5.74, 6) is 6.31. The molecule has 0 amide bonds. The van der Waals surface area contributed by atoms with Crippen LogP contribution < -0.4 is 0 Å². The lowest BCUT2D eigenvalue weighted by molar-refractivity contribution is -0.112. The molecule has 0 saturated carbocycles. The van der Waals surface area contributed by atoms with E-state index in [-0.39, 0.29) is 5.78 Å². The summed E-state index contributed by atoms with van der Waals surface area (Å²) in [6, 6.07) is 9.85. The number of thioether (sulfide) groups is 1. The maximum absolute atomic E-state index is 11.3. The molecular weight excluding hydrogens is 228 g/mol. The van der Waals surface area contributed by atoms with Gasteiger partial charge in [0, 0.05) is 5.56 Å². The highest BCUT2D eigenvalue weighted by atomic mass is 32.2. The summed E-state index contributed by atoms with van der Waals surface area (Å²) in [7, 11) is 0. The zero-order valence-corrected chi connectivity index (χ0v) is 10.4. The van der Waals surface area contributed by atoms with E-state index in [9.17, 15) is 4.79 Å². The Labute approximate surface area is 106 Å². The number of ketones is 1. The van der Waals surface area contributed by atoms with Crippen molar-refractivity contribution in [2.45, 2.75) is 13.3 Å². The minimum Gasteiger partial charge on any atom is -0.294 e. The van der Waals surface area contributed by atoms with Crippen LogP contribution in [0.1, 0.15) is 18.9 Å². The maximum atomic E-state index is 11.3. The summed E-state index contributed by atoms with van der Waals surface area (Å²) in [5, 5.41) is 0. The minimum atomic E-state index is 0.113. The molecule has 0 N–H and O–H groups in total. The fourth-order valence-corrected chi connectivity index (χ4v) is 2.26. The molecule has 0 radical (unpaired) electrons. The van der Waals surface area contributed by atoms with Crippen LogP contribution >= 0.6 is 11.8 Å². The summed E-state index contributed by atoms with van der Waals surface area (Å²) >= 11 is 1.46. The lowest BCUT2D eigenvalue weighted by atomic mass is 10.2. The molecule has 0 aromatic heterocycles. The first-order valence-electron chi connectivity index (χ1n) is 5.42. The molecule has 84 valence electrons. The van der Waals surface area contributed by atoms with Gasteiger partial charge in [0.2, 0.25) is 0 Å². The molecule has 0 unspecified atom stereocenters. The van der Waals surface area contributed by atoms with Gasteiger partial charge in [-0.25, -0.2) is 0 Å². The number of hydrogen-bond acceptors (Lipinski definition) is 2. The van der Waals surface area contributed by atoms with Gasteiger partial charge in [-0.15, -0.1) is 0 Å². The van der Waals surface area contributed by atoms with E-state index in [0.717, 1.165) is 21.8 Å². The SMILES string of the molecule is CC(=O)C1=CCC=C(C#Cc2ccccc2)S1. The Morgan fingerprint density at radius 3 is 2.65 bits per heavy atom. The third-order valence-corrected chi connectivity index (χ3v) is 3.44. The molecule has 1 heterocycles. The third kappa shape index (κ3) is 3.37. The predicted molar refractivity (Wildman–Crippen MR) is 72.4 cm³/mol. The Balaban J connectivity index is 2.09. The molecule has 0 saturated heterocycles. The Hall–Kier alpha value is -1.72. The fourth-order valence-electron chi connectivity index (χ4n) is 1.42. The van der Waals surface area contributed by atoms with Crippen LogP contribution in [0.4, 0.5) is 0 Å². The van der Waals surface area contributed by atoms with E-state index >= 15 is 0 Å². The van der Waals surface area contributed by atoms with E-state index in [0.29, 0.717) is 0 Å². The summed E-state index contributed by atoms with van der Waals surface area (Å²) < 4.78 is 0. The van der Waals surface area contributed by atoms with E-state index in [1.54, 1.807) is 6.92 Å². The first-order chi connectivity index (χ1) is 8.25. The first kappa shape index (κ1) is 11.8. The number of carbonyl (C=O) groups excluding carboxylic acids is 1. The van der Waals surface area contributed by atoms with Crippen molar-refractivity contribution in [2.75, 3.05) is 0 Å². The zero-order valence-electron chi connectivity index (χ0n) is 9.57. The van der Waals surface area contributed by atoms with Crippen molar-refractivity contribution in [1.82, 2.24) is 0 Å². The molecule has 1 aliphatic heterocycles. The predicted octanol–water partition coefficient (Wildman–Crippen LogP) is 3.53. The van der Waals surface area contributed by atoms with Gasteiger partial charge in [-0.05, 0) is 25.5 Å². The Bertz CT molecular complexity index is 541. The Morgan fingerprint density at radius 2 is 1.94 bits per heavy atom. The average Bonchev–Trinajstić information content (AvgIpc) is 2.38. The first-order valence-corrected chi connectivity index (χ1v) is 6.23. The number of Topliss-reactive ketones (excluding diaryl/α,β-unsaturated/α-hetero) is 1. The lowest BCUT2D eigenvalue weighted by Crippen LogP contribution is -1.95. The normalized spacial score (nSPS) is 14.2. The molecular formula is C15H12OS. The van der Waals surface area contributed by atoms with Crippen molar-refractivity contribution in [1.29, 1.82) is 0 Å². The maximum Gasteiger partial charge on any atom is 0.166 e. The number of hydrogen-bond donors (Lipinski definition) is 0. The number of carbonyl (C=O) groups is 1. The van der Waals surface area contributed by atoms with Crippen LogP contribution in [0, 0.1) is 11.8 Å². The van der Waals surface area contributed by atoms with Gasteiger partial charge in [0.05, 0.1) is 9.81 Å². The van der Waals surface area contributed by atoms with Crippen LogP contribution in [-0.4, -0.2) is 5.78 Å². The quantitative estimate of drug-likeness (QED) is 0.698. The molecule has 0 atom stereocenters. The second-order valence-electron chi connectivity index (χ2n) is 3.65. The van der Waals surface area contributed by atoms with Crippen molar-refractivity contribution in [3.8, 4) is 11.8 Å². The summed E-state index contributed by atoms with van der Waals surface area (Å²) in [4.78, 5) is 13.0. The van der Waals surface area contributed by atoms with Crippen LogP contribution in [0.2, 0.25) is 0 Å². The largest absolute Gasteiger partial charge is 0.294 e. The Kier molecular flexibility index (Phi) is 3.85. The summed E-state index contributed by atoms with van der Waals surface area (Å²) in [5.41, 5.74) is 0.993. The topological polar surface area (TPSA) is 17.1 Å². The van der Waals surface area contributed by atoms with Gasteiger partial charge < -0.3 is 0 Å². The highest BCUT2D eigenvalue weighted by molar-refractivity contribution is 8.07. The lowest BCUT2D eigenvalue weighted by Gasteiger charge is -2.07. The van der Waals surface area contributed by atoms with Gasteiger partial charge >= 0.3 is 0 Å². The molecule has 2 rings (SSSR count). The fraction of sp³-hybridized carbons (Fsp3) is 0.133. The van der Waals surface area contributed by atoms with Gasteiger partial charge in [-0.2, -0.15) is 0 Å². The van der Waals surface area contributed by atoms with E-state index in [4.69, 9.17) is 0 Å². The van der Waals surface area contributed by atoms with Crippen molar-refractivity contribution < 1.29 is 4.79 Å². The monoisotopic (exact) mass is 240 g/mol. The molecule has 1 aliphatic rings. The molecule has 0 spiro atoms. The van der Waals surface area contributed by atoms with Crippen LogP contribution in [0.15, 0.2) is 52.3 Å². The number of benzene rings is 1. The van der Waals surface area contributed by atoms with Crippen molar-refractivity contribution in [2.24, 2.45) is 0 Å². The molecule has 0 aliphatic carbocycles. The smallest absolute Gasteiger partial charge is 0.166 e. The van der Waals surface area contributed by atoms with E-state index in [1.165, 1.54) is 11.8 Å². The second-order valence-corrected chi connectivity index (χ2v) is 4.73. The van der Waals surface area contributed by atoms with E-state index in [1.807, 2.05) is 42.5 Å². The number of allylic oxidation sites excluding steroid dienone is 4. The summed E-state index contributed by atoms with van der Waals surface area (Å²) in [6.07, 6.45) is 4.79. The van der Waals surface area contributed by atoms with Gasteiger partial charge in [-0.3, -0.25) is 4.79 Å². The molecule has 17 heavy (non-hydrogen) atoms. The highest BCUT2D eigenvalue weighted by Crippen LogP contribution is 2.30. The molecule has 1 aromatic carbocycles. The average molecular weight is 240 g/mol. The van der Waals surface area contributed by atoms with Gasteiger partial charge in [-0.1, -0.05) is 54.0 Å². The van der Waals surface area contributed by atoms with Crippen molar-refractivity contribution in [3.05, 3.63) is 57.9 Å². The Morgan fingerprint density at radius 1 is 1.18 bits per heavy atom. The van der Waals surface area contributed by atoms with Gasteiger partial charge in [0.15, 0.2) is 5.78 Å². The van der Waals surface area contributed by atoms with Gasteiger partial charge in [0.25, 0.3) is 0 Å². The van der Waals surface area contributed by atoms with E-state index in [2.05, 4.69) is 11.8 Å². The van der Waals surface area contributed by atoms with Crippen LogP contribution in [0.5, 0.6) is 0 Å². The minimum absolute atomic E-state index is 0.113. The third-order valence-electron chi connectivity index (χ3n) is 2.28. The summed E-state index contributed by atoms with van der Waals surface area (Å²) in [6.45, 7) is 1.59. The molecule has 2 heteroatoms. The molecule has 0 fully saturated rings. The van der Waals surface area contributed by atoms with Crippen molar-refractivity contribution in [3.63, 3.8) is 0 Å². The molecule has 1 aromatic rings. The second kappa shape index (κ2) is 5.56. The van der Waals surface area contributed by atoms with Crippen molar-refractivity contribution >= 4 is 17.5 Å². The highest BCUT2D eigenvalue weighted by Gasteiger charge is 2.09. The zero-order chi connectivity index (χ0) is 12.1. The van der Waals surface area contributed by atoms with Gasteiger partial charge in [0.1, 0.15) is 0 Å². The molecule has 1 nitrogen and oxygen atoms in total. The number of rotatable bonds is 1. The molecule has 0 bridgehead atoms. The van der Waals surface area contributed by atoms with Crippen LogP contribution in [0.3, 0.4) is 0 Å². The standard InChI is InChI=1S/C15H12OS/c1-12(16)15-9-5-8-14(17-15)11-10-13-6-3-2-4-7-13/h2-4,6-9H,5H2,1H3. The van der Waals surface area contributed by atoms with E-state index < -0.39 is 0 Å². The van der Waals surface area contributed by atoms with Crippen LogP contribution in [0.25, 0.3) is 0 Å².